The number of hydrogen-bond acceptors (Lipinski definition) is 3. The molecule has 6 nitrogen and oxygen atoms in total. The normalized spacial score (nSPS) is 10.5. The largest absolute Gasteiger partial charge is 0.459 e. The highest BCUT2D eigenvalue weighted by molar-refractivity contribution is 6.02. The fraction of sp³-hybridized carbons (Fsp3) is 0.0435. The van der Waals surface area contributed by atoms with Gasteiger partial charge in [-0.25, -0.2) is 4.79 Å². The number of carbonyl (C=O) groups excluding carboxylic acids is 2. The smallest absolute Gasteiger partial charge is 0.319 e. The Morgan fingerprint density at radius 3 is 2.38 bits per heavy atom. The molecule has 3 N–H and O–H groups in total. The number of amides is 3. The van der Waals surface area contributed by atoms with Crippen molar-refractivity contribution in [3.63, 3.8) is 0 Å². The zero-order valence-electron chi connectivity index (χ0n) is 15.5. The number of fused-ring (bicyclic) bond motifs is 1. The second-order valence-corrected chi connectivity index (χ2v) is 6.46. The van der Waals surface area contributed by atoms with Crippen LogP contribution in [0.4, 0.5) is 16.2 Å². The van der Waals surface area contributed by atoms with Crippen molar-refractivity contribution in [2.75, 3.05) is 10.6 Å². The Kier molecular flexibility index (Phi) is 5.25. The van der Waals surface area contributed by atoms with E-state index >= 15 is 0 Å². The fourth-order valence-corrected chi connectivity index (χ4v) is 2.99. The highest BCUT2D eigenvalue weighted by Crippen LogP contribution is 2.22. The van der Waals surface area contributed by atoms with Gasteiger partial charge < -0.3 is 20.4 Å². The van der Waals surface area contributed by atoms with E-state index in [1.165, 1.54) is 6.26 Å². The van der Waals surface area contributed by atoms with Crippen LogP contribution in [0.1, 0.15) is 16.1 Å². The lowest BCUT2D eigenvalue weighted by Crippen LogP contribution is -2.28. The molecule has 0 unspecified atom stereocenters. The number of urea groups is 1. The summed E-state index contributed by atoms with van der Waals surface area (Å²) in [6, 6.07) is 23.9. The number of nitrogens with one attached hydrogen (secondary N) is 3. The number of anilines is 2. The molecule has 6 heteroatoms. The molecule has 3 amide bonds. The zero-order chi connectivity index (χ0) is 20.1. The van der Waals surface area contributed by atoms with E-state index in [4.69, 9.17) is 4.42 Å². The Morgan fingerprint density at radius 2 is 1.59 bits per heavy atom. The third-order valence-corrected chi connectivity index (χ3v) is 4.45. The van der Waals surface area contributed by atoms with Gasteiger partial charge in [0.15, 0.2) is 5.76 Å². The molecule has 0 aliphatic rings. The van der Waals surface area contributed by atoms with Gasteiger partial charge in [-0.3, -0.25) is 4.79 Å². The molecule has 0 aliphatic heterocycles. The molecule has 0 bridgehead atoms. The van der Waals surface area contributed by atoms with E-state index in [1.54, 1.807) is 24.3 Å². The van der Waals surface area contributed by atoms with Crippen LogP contribution in [0.5, 0.6) is 0 Å². The first kappa shape index (κ1) is 18.3. The first-order valence-electron chi connectivity index (χ1n) is 9.15. The number of carbonyl (C=O) groups is 2. The standard InChI is InChI=1S/C23H19N3O3/c27-22(21-9-4-14-29-21)25-18-12-10-16(11-13-18)15-24-23(28)26-20-8-3-6-17-5-1-2-7-19(17)20/h1-14H,15H2,(H,25,27)(H2,24,26,28). The number of furan rings is 1. The van der Waals surface area contributed by atoms with Gasteiger partial charge >= 0.3 is 6.03 Å². The minimum Gasteiger partial charge on any atom is -0.459 e. The van der Waals surface area contributed by atoms with Gasteiger partial charge in [0.05, 0.1) is 12.0 Å². The second kappa shape index (κ2) is 8.31. The van der Waals surface area contributed by atoms with Gasteiger partial charge in [-0.15, -0.1) is 0 Å². The van der Waals surface area contributed by atoms with Gasteiger partial charge in [-0.2, -0.15) is 0 Å². The van der Waals surface area contributed by atoms with Crippen LogP contribution in [-0.4, -0.2) is 11.9 Å². The average Bonchev–Trinajstić information content (AvgIpc) is 3.29. The molecular weight excluding hydrogens is 366 g/mol. The van der Waals surface area contributed by atoms with Gasteiger partial charge in [-0.1, -0.05) is 48.5 Å². The maximum atomic E-state index is 12.3. The summed E-state index contributed by atoms with van der Waals surface area (Å²) in [6.45, 7) is 0.364. The van der Waals surface area contributed by atoms with Crippen molar-refractivity contribution in [1.29, 1.82) is 0 Å². The van der Waals surface area contributed by atoms with Gasteiger partial charge in [0.2, 0.25) is 0 Å². The predicted molar refractivity (Wildman–Crippen MR) is 113 cm³/mol. The second-order valence-electron chi connectivity index (χ2n) is 6.46. The maximum Gasteiger partial charge on any atom is 0.319 e. The lowest BCUT2D eigenvalue weighted by molar-refractivity contribution is 0.0996. The molecular formula is C23H19N3O3. The maximum absolute atomic E-state index is 12.3. The van der Waals surface area contributed by atoms with Gasteiger partial charge in [0.25, 0.3) is 5.91 Å². The molecule has 0 aliphatic carbocycles. The van der Waals surface area contributed by atoms with Gasteiger partial charge in [0.1, 0.15) is 0 Å². The third-order valence-electron chi connectivity index (χ3n) is 4.45. The first-order valence-corrected chi connectivity index (χ1v) is 9.15. The summed E-state index contributed by atoms with van der Waals surface area (Å²) in [5, 5.41) is 10.5. The molecule has 1 aromatic heterocycles. The molecule has 1 heterocycles. The lowest BCUT2D eigenvalue weighted by Gasteiger charge is -2.10. The van der Waals surface area contributed by atoms with Crippen LogP contribution < -0.4 is 16.0 Å². The predicted octanol–water partition coefficient (Wildman–Crippen LogP) is 5.01. The molecule has 0 atom stereocenters. The Balaban J connectivity index is 1.33. The summed E-state index contributed by atoms with van der Waals surface area (Å²) < 4.78 is 5.07. The van der Waals surface area contributed by atoms with Crippen molar-refractivity contribution in [1.82, 2.24) is 5.32 Å². The molecule has 0 saturated carbocycles. The van der Waals surface area contributed by atoms with Crippen molar-refractivity contribution in [3.8, 4) is 0 Å². The highest BCUT2D eigenvalue weighted by atomic mass is 16.3. The molecule has 4 rings (SSSR count). The van der Waals surface area contributed by atoms with E-state index in [0.717, 1.165) is 22.0 Å². The van der Waals surface area contributed by atoms with Crippen molar-refractivity contribution in [2.45, 2.75) is 6.54 Å². The topological polar surface area (TPSA) is 83.4 Å². The van der Waals surface area contributed by atoms with E-state index in [-0.39, 0.29) is 17.7 Å². The summed E-state index contributed by atoms with van der Waals surface area (Å²) in [5.41, 5.74) is 2.32. The SMILES string of the molecule is O=C(NCc1ccc(NC(=O)c2ccco2)cc1)Nc1cccc2ccccc12. The molecule has 4 aromatic rings. The summed E-state index contributed by atoms with van der Waals surface area (Å²) in [6.07, 6.45) is 1.45. The fourth-order valence-electron chi connectivity index (χ4n) is 2.99. The highest BCUT2D eigenvalue weighted by Gasteiger charge is 2.09. The number of hydrogen-bond donors (Lipinski definition) is 3. The van der Waals surface area contributed by atoms with Crippen LogP contribution in [0, 0.1) is 0 Å². The van der Waals surface area contributed by atoms with E-state index in [1.807, 2.05) is 54.6 Å². The van der Waals surface area contributed by atoms with Crippen LogP contribution in [0.25, 0.3) is 10.8 Å². The van der Waals surface area contributed by atoms with Gasteiger partial charge in [0, 0.05) is 17.6 Å². The Labute approximate surface area is 167 Å². The molecule has 0 saturated heterocycles. The van der Waals surface area contributed by atoms with Crippen molar-refractivity contribution < 1.29 is 14.0 Å². The van der Waals surface area contributed by atoms with Crippen LogP contribution in [0.3, 0.4) is 0 Å². The molecule has 0 radical (unpaired) electrons. The van der Waals surface area contributed by atoms with E-state index in [2.05, 4.69) is 16.0 Å². The zero-order valence-corrected chi connectivity index (χ0v) is 15.5. The van der Waals surface area contributed by atoms with E-state index < -0.39 is 0 Å². The van der Waals surface area contributed by atoms with E-state index in [9.17, 15) is 9.59 Å². The number of rotatable bonds is 5. The van der Waals surface area contributed by atoms with Crippen molar-refractivity contribution in [2.24, 2.45) is 0 Å². The molecule has 0 spiro atoms. The monoisotopic (exact) mass is 385 g/mol. The van der Waals surface area contributed by atoms with Crippen LogP contribution in [0.15, 0.2) is 89.5 Å². The van der Waals surface area contributed by atoms with Crippen molar-refractivity contribution in [3.05, 3.63) is 96.4 Å². The Morgan fingerprint density at radius 1 is 0.793 bits per heavy atom. The molecule has 0 fully saturated rings. The summed E-state index contributed by atoms with van der Waals surface area (Å²) >= 11 is 0. The minimum absolute atomic E-state index is 0.251. The number of benzene rings is 3. The molecule has 3 aromatic carbocycles. The average molecular weight is 385 g/mol. The van der Waals surface area contributed by atoms with Crippen molar-refractivity contribution >= 4 is 34.1 Å². The van der Waals surface area contributed by atoms with Crippen LogP contribution >= 0.6 is 0 Å². The Hall–Kier alpha value is -4.06. The Bertz CT molecular complexity index is 1130. The van der Waals surface area contributed by atoms with Gasteiger partial charge in [-0.05, 0) is 41.3 Å². The first-order chi connectivity index (χ1) is 14.2. The minimum atomic E-state index is -0.310. The van der Waals surface area contributed by atoms with E-state index in [0.29, 0.717) is 12.2 Å². The molecule has 144 valence electrons. The quantitative estimate of drug-likeness (QED) is 0.452. The summed E-state index contributed by atoms with van der Waals surface area (Å²) in [7, 11) is 0. The summed E-state index contributed by atoms with van der Waals surface area (Å²) in [4.78, 5) is 24.3. The lowest BCUT2D eigenvalue weighted by atomic mass is 10.1. The summed E-state index contributed by atoms with van der Waals surface area (Å²) in [5.74, 6) is -0.0591. The molecule has 29 heavy (non-hydrogen) atoms. The third kappa shape index (κ3) is 4.44. The van der Waals surface area contributed by atoms with Crippen LogP contribution in [-0.2, 0) is 6.54 Å². The van der Waals surface area contributed by atoms with Crippen LogP contribution in [0.2, 0.25) is 0 Å².